The number of amides is 4. The Kier molecular flexibility index (Phi) is 9.35. The van der Waals surface area contributed by atoms with E-state index in [-0.39, 0.29) is 41.9 Å². The fraction of sp³-hybridized carbons (Fsp3) is 0.370. The molecule has 2 aliphatic carbocycles. The predicted octanol–water partition coefficient (Wildman–Crippen LogP) is 7.26. The van der Waals surface area contributed by atoms with Crippen LogP contribution in [0.2, 0.25) is 5.02 Å². The molecule has 5 aromatic rings. The van der Waals surface area contributed by atoms with Crippen molar-refractivity contribution < 1.29 is 38.5 Å². The summed E-state index contributed by atoms with van der Waals surface area (Å²) in [4.78, 5) is 65.4. The number of imide groups is 2. The number of hydrogen-bond donors (Lipinski definition) is 1. The topological polar surface area (TPSA) is 144 Å². The number of benzene rings is 3. The molecule has 1 N–H and O–H groups in total. The smallest absolute Gasteiger partial charge is 0.242 e. The SMILES string of the molecule is COc1cc(O)cc(OC)c1C1C2=CCC3C(=O)N(c4ccc(N5CCOCC5)cc4)C(=O)C3C2CC2C(=O)N(c3cc(-c4sc5ccc(Cl)cc5c4C)nn3C)C(=O)C21C. The van der Waals surface area contributed by atoms with Crippen molar-refractivity contribution in [1.29, 1.82) is 0 Å². The van der Waals surface area contributed by atoms with Crippen molar-refractivity contribution in [1.82, 2.24) is 9.78 Å². The lowest BCUT2D eigenvalue weighted by Gasteiger charge is -2.49. The summed E-state index contributed by atoms with van der Waals surface area (Å²) in [6, 6.07) is 17.9. The van der Waals surface area contributed by atoms with Crippen LogP contribution in [0.4, 0.5) is 17.2 Å². The van der Waals surface area contributed by atoms with Crippen LogP contribution >= 0.6 is 22.9 Å². The zero-order valence-electron chi connectivity index (χ0n) is 34.3. The van der Waals surface area contributed by atoms with Crippen molar-refractivity contribution in [2.45, 2.75) is 32.6 Å². The largest absolute Gasteiger partial charge is 0.508 e. The number of nitrogens with zero attached hydrogens (tertiary/aromatic N) is 5. The number of ether oxygens (including phenoxy) is 3. The molecule has 3 saturated heterocycles. The van der Waals surface area contributed by atoms with Gasteiger partial charge in [0.05, 0.1) is 61.2 Å². The second kappa shape index (κ2) is 14.5. The normalized spacial score (nSPS) is 26.2. The van der Waals surface area contributed by atoms with Gasteiger partial charge in [-0.2, -0.15) is 5.10 Å². The molecular formula is C46H44ClN5O8S. The standard InChI is InChI=1S/C46H44ClN5O8S/c1-23-30-18-24(47)6-13-36(30)61-41(23)33-22-37(49(3)48-33)52-43(55)32-21-31-28(40(46(32,2)45(52)57)39-34(58-4)19-27(53)20-35(39)59-5)11-12-29-38(31)44(56)51(42(29)54)26-9-7-25(8-10-26)50-14-16-60-17-15-50/h6-11,13,18-20,22,29,31-32,38,40,53H,12,14-17,21H2,1-5H3. The third kappa shape index (κ3) is 5.78. The van der Waals surface area contributed by atoms with Crippen molar-refractivity contribution >= 4 is 73.8 Å². The van der Waals surface area contributed by atoms with Crippen LogP contribution in [-0.4, -0.2) is 79.0 Å². The van der Waals surface area contributed by atoms with Crippen molar-refractivity contribution in [3.63, 3.8) is 0 Å². The lowest BCUT2D eigenvalue weighted by molar-refractivity contribution is -0.131. The molecular weight excluding hydrogens is 818 g/mol. The maximum atomic E-state index is 15.4. The number of phenols is 1. The van der Waals surface area contributed by atoms with Crippen LogP contribution in [0.25, 0.3) is 20.7 Å². The third-order valence-corrected chi connectivity index (χ3v) is 15.3. The quantitative estimate of drug-likeness (QED) is 0.131. The molecule has 1 saturated carbocycles. The van der Waals surface area contributed by atoms with E-state index in [4.69, 9.17) is 30.9 Å². The minimum Gasteiger partial charge on any atom is -0.508 e. The number of carbonyl (C=O) groups excluding carboxylic acids is 4. The summed E-state index contributed by atoms with van der Waals surface area (Å²) >= 11 is 7.91. The number of phenolic OH excluding ortho intramolecular Hbond substituents is 1. The maximum absolute atomic E-state index is 15.4. The highest BCUT2D eigenvalue weighted by Gasteiger charge is 2.68. The summed E-state index contributed by atoms with van der Waals surface area (Å²) in [5, 5.41) is 17.2. The van der Waals surface area contributed by atoms with Gasteiger partial charge in [0, 0.05) is 65.2 Å². The van der Waals surface area contributed by atoms with Gasteiger partial charge in [-0.1, -0.05) is 23.3 Å². The number of methoxy groups -OCH3 is 2. The van der Waals surface area contributed by atoms with E-state index in [1.54, 1.807) is 36.1 Å². The molecule has 3 aromatic carbocycles. The number of morpholine rings is 1. The summed E-state index contributed by atoms with van der Waals surface area (Å²) in [5.41, 5.74) is 2.91. The van der Waals surface area contributed by atoms with E-state index in [0.717, 1.165) is 44.9 Å². The van der Waals surface area contributed by atoms with Gasteiger partial charge in [0.25, 0.3) is 0 Å². The molecule has 6 unspecified atom stereocenters. The highest BCUT2D eigenvalue weighted by molar-refractivity contribution is 7.22. The number of aromatic hydroxyl groups is 1. The van der Waals surface area contributed by atoms with Gasteiger partial charge in [0.15, 0.2) is 0 Å². The molecule has 0 radical (unpaired) electrons. The Bertz CT molecular complexity index is 2700. The molecule has 0 spiro atoms. The van der Waals surface area contributed by atoms with Crippen LogP contribution in [-0.2, 0) is 31.0 Å². The van der Waals surface area contributed by atoms with Gasteiger partial charge in [0.2, 0.25) is 23.6 Å². The van der Waals surface area contributed by atoms with Crippen molar-refractivity contribution in [3.05, 3.63) is 88.5 Å². The molecule has 13 nitrogen and oxygen atoms in total. The number of fused-ring (bicyclic) bond motifs is 5. The first-order chi connectivity index (χ1) is 29.3. The number of halogens is 1. The summed E-state index contributed by atoms with van der Waals surface area (Å²) in [5.74, 6) is -4.49. The second-order valence-corrected chi connectivity index (χ2v) is 18.2. The average Bonchev–Trinajstić information content (AvgIpc) is 3.94. The van der Waals surface area contributed by atoms with E-state index in [9.17, 15) is 14.7 Å². The first kappa shape index (κ1) is 39.4. The lowest BCUT2D eigenvalue weighted by Crippen LogP contribution is -2.49. The van der Waals surface area contributed by atoms with Gasteiger partial charge < -0.3 is 24.2 Å². The van der Waals surface area contributed by atoms with Gasteiger partial charge >= 0.3 is 0 Å². The molecule has 15 heteroatoms. The highest BCUT2D eigenvalue weighted by atomic mass is 35.5. The molecule has 0 bridgehead atoms. The van der Waals surface area contributed by atoms with E-state index in [2.05, 4.69) is 4.90 Å². The van der Waals surface area contributed by atoms with E-state index in [0.29, 0.717) is 41.0 Å². The van der Waals surface area contributed by atoms with Crippen LogP contribution in [0.5, 0.6) is 17.2 Å². The maximum Gasteiger partial charge on any atom is 0.242 e. The molecule has 4 fully saturated rings. The first-order valence-corrected chi connectivity index (χ1v) is 21.6. The van der Waals surface area contributed by atoms with Crippen LogP contribution in [0.15, 0.2) is 72.3 Å². The average molecular weight is 862 g/mol. The van der Waals surface area contributed by atoms with Crippen LogP contribution in [0, 0.1) is 36.0 Å². The van der Waals surface area contributed by atoms with E-state index >= 15 is 9.59 Å². The molecule has 10 rings (SSSR count). The first-order valence-electron chi connectivity index (χ1n) is 20.4. The van der Waals surface area contributed by atoms with Gasteiger partial charge in [-0.05, 0) is 86.0 Å². The van der Waals surface area contributed by atoms with Crippen LogP contribution < -0.4 is 24.2 Å². The fourth-order valence-corrected chi connectivity index (χ4v) is 12.2. The Labute approximate surface area is 361 Å². The minimum atomic E-state index is -1.40. The number of aryl methyl sites for hydroxylation is 2. The van der Waals surface area contributed by atoms with E-state index in [1.807, 2.05) is 55.5 Å². The number of carbonyl (C=O) groups is 4. The number of hydrogen-bond acceptors (Lipinski definition) is 11. The van der Waals surface area contributed by atoms with Crippen LogP contribution in [0.1, 0.15) is 36.8 Å². The fourth-order valence-electron chi connectivity index (χ4n) is 10.9. The zero-order valence-corrected chi connectivity index (χ0v) is 35.9. The molecule has 6 atom stereocenters. The highest BCUT2D eigenvalue weighted by Crippen LogP contribution is 2.66. The van der Waals surface area contributed by atoms with E-state index < -0.39 is 46.8 Å². The van der Waals surface area contributed by atoms with Crippen LogP contribution in [0.3, 0.4) is 0 Å². The minimum absolute atomic E-state index is 0.104. The van der Waals surface area contributed by atoms with Crippen molar-refractivity contribution in [2.24, 2.45) is 36.1 Å². The summed E-state index contributed by atoms with van der Waals surface area (Å²) in [6.45, 7) is 6.57. The van der Waals surface area contributed by atoms with Gasteiger partial charge in [0.1, 0.15) is 28.8 Å². The Morgan fingerprint density at radius 2 is 1.57 bits per heavy atom. The predicted molar refractivity (Wildman–Crippen MR) is 232 cm³/mol. The summed E-state index contributed by atoms with van der Waals surface area (Å²) < 4.78 is 19.9. The molecule has 4 amide bonds. The van der Waals surface area contributed by atoms with Crippen molar-refractivity contribution in [3.8, 4) is 27.8 Å². The summed E-state index contributed by atoms with van der Waals surface area (Å²) in [6.07, 6.45) is 2.41. The second-order valence-electron chi connectivity index (χ2n) is 16.8. The van der Waals surface area contributed by atoms with E-state index in [1.165, 1.54) is 36.2 Å². The lowest BCUT2D eigenvalue weighted by atomic mass is 9.51. The molecule has 5 heterocycles. The van der Waals surface area contributed by atoms with Gasteiger partial charge in [-0.15, -0.1) is 11.3 Å². The molecule has 314 valence electrons. The number of rotatable bonds is 7. The number of thiophene rings is 1. The van der Waals surface area contributed by atoms with Gasteiger partial charge in [-0.25, -0.2) is 4.90 Å². The monoisotopic (exact) mass is 861 g/mol. The molecule has 3 aliphatic heterocycles. The number of aromatic nitrogens is 2. The van der Waals surface area contributed by atoms with Gasteiger partial charge in [-0.3, -0.25) is 28.8 Å². The van der Waals surface area contributed by atoms with Crippen molar-refractivity contribution in [2.75, 3.05) is 55.2 Å². The molecule has 61 heavy (non-hydrogen) atoms. The zero-order chi connectivity index (χ0) is 42.6. The Morgan fingerprint density at radius 3 is 2.26 bits per heavy atom. The molecule has 5 aliphatic rings. The number of anilines is 3. The Balaban J connectivity index is 1.07. The third-order valence-electron chi connectivity index (χ3n) is 13.8. The Hall–Kier alpha value is -5.70. The summed E-state index contributed by atoms with van der Waals surface area (Å²) in [7, 11) is 4.66. The number of allylic oxidation sites excluding steroid dienone is 2. The molecule has 2 aromatic heterocycles. The Morgan fingerprint density at radius 1 is 0.885 bits per heavy atom.